The molecule has 0 amide bonds. The van der Waals surface area contributed by atoms with Gasteiger partial charge in [-0.15, -0.1) is 6.58 Å². The largest absolute Gasteiger partial charge is 0.389 e. The Kier molecular flexibility index (Phi) is 2.20. The second kappa shape index (κ2) is 3.10. The SMILES string of the molecule is C=C(C)CC1(O)CC2CCC(C1)N2. The van der Waals surface area contributed by atoms with Gasteiger partial charge in [-0.3, -0.25) is 0 Å². The van der Waals surface area contributed by atoms with Gasteiger partial charge in [-0.2, -0.15) is 0 Å². The summed E-state index contributed by atoms with van der Waals surface area (Å²) in [6, 6.07) is 1.12. The van der Waals surface area contributed by atoms with E-state index in [1.54, 1.807) is 0 Å². The molecule has 0 aliphatic carbocycles. The highest BCUT2D eigenvalue weighted by atomic mass is 16.3. The van der Waals surface area contributed by atoms with Crippen LogP contribution in [-0.4, -0.2) is 22.8 Å². The predicted molar refractivity (Wildman–Crippen MR) is 53.6 cm³/mol. The lowest BCUT2D eigenvalue weighted by atomic mass is 9.83. The molecule has 2 heterocycles. The average molecular weight is 181 g/mol. The first-order valence-electron chi connectivity index (χ1n) is 5.20. The molecule has 0 saturated carbocycles. The molecule has 2 heteroatoms. The van der Waals surface area contributed by atoms with Crippen LogP contribution in [0.5, 0.6) is 0 Å². The van der Waals surface area contributed by atoms with E-state index in [0.717, 1.165) is 24.8 Å². The zero-order chi connectivity index (χ0) is 9.47. The van der Waals surface area contributed by atoms with Crippen molar-refractivity contribution >= 4 is 0 Å². The highest BCUT2D eigenvalue weighted by molar-refractivity contribution is 5.06. The summed E-state index contributed by atoms with van der Waals surface area (Å²) in [5, 5.41) is 13.9. The number of hydrogen-bond donors (Lipinski definition) is 2. The molecule has 0 aromatic heterocycles. The Hall–Kier alpha value is -0.340. The van der Waals surface area contributed by atoms with E-state index in [1.807, 2.05) is 6.92 Å². The Labute approximate surface area is 80.0 Å². The number of piperidine rings is 1. The van der Waals surface area contributed by atoms with Gasteiger partial charge in [0.05, 0.1) is 5.60 Å². The summed E-state index contributed by atoms with van der Waals surface area (Å²) in [6.07, 6.45) is 5.08. The maximum absolute atomic E-state index is 10.3. The van der Waals surface area contributed by atoms with Crippen molar-refractivity contribution in [1.29, 1.82) is 0 Å². The molecule has 0 aromatic carbocycles. The van der Waals surface area contributed by atoms with Gasteiger partial charge in [0.2, 0.25) is 0 Å². The third-order valence-electron chi connectivity index (χ3n) is 3.22. The van der Waals surface area contributed by atoms with E-state index in [9.17, 15) is 5.11 Å². The van der Waals surface area contributed by atoms with Crippen LogP contribution in [0, 0.1) is 0 Å². The molecule has 2 fully saturated rings. The van der Waals surface area contributed by atoms with Crippen LogP contribution in [0.1, 0.15) is 39.0 Å². The van der Waals surface area contributed by atoms with Crippen molar-refractivity contribution in [3.8, 4) is 0 Å². The normalized spacial score (nSPS) is 43.5. The summed E-state index contributed by atoms with van der Waals surface area (Å²) in [4.78, 5) is 0. The van der Waals surface area contributed by atoms with Gasteiger partial charge < -0.3 is 10.4 Å². The van der Waals surface area contributed by atoms with Crippen molar-refractivity contribution in [1.82, 2.24) is 5.32 Å². The predicted octanol–water partition coefficient (Wildman–Crippen LogP) is 1.60. The minimum atomic E-state index is -0.455. The summed E-state index contributed by atoms with van der Waals surface area (Å²) in [6.45, 7) is 5.89. The summed E-state index contributed by atoms with van der Waals surface area (Å²) in [7, 11) is 0. The standard InChI is InChI=1S/C11H19NO/c1-8(2)5-11(13)6-9-3-4-10(7-11)12-9/h9-10,12-13H,1,3-7H2,2H3. The van der Waals surface area contributed by atoms with Crippen molar-refractivity contribution in [2.75, 3.05) is 0 Å². The van der Waals surface area contributed by atoms with E-state index >= 15 is 0 Å². The molecule has 2 N–H and O–H groups in total. The van der Waals surface area contributed by atoms with Crippen LogP contribution in [0.25, 0.3) is 0 Å². The fourth-order valence-electron chi connectivity index (χ4n) is 2.93. The first kappa shape index (κ1) is 9.22. The molecule has 0 spiro atoms. The zero-order valence-corrected chi connectivity index (χ0v) is 8.34. The maximum atomic E-state index is 10.3. The van der Waals surface area contributed by atoms with Gasteiger partial charge in [0.1, 0.15) is 0 Å². The molecule has 74 valence electrons. The molecular weight excluding hydrogens is 162 g/mol. The molecular formula is C11H19NO. The molecule has 0 aromatic rings. The Balaban J connectivity index is 2.03. The van der Waals surface area contributed by atoms with Gasteiger partial charge in [-0.05, 0) is 39.0 Å². The van der Waals surface area contributed by atoms with Crippen LogP contribution in [0.4, 0.5) is 0 Å². The van der Waals surface area contributed by atoms with E-state index < -0.39 is 5.60 Å². The molecule has 2 atom stereocenters. The van der Waals surface area contributed by atoms with Gasteiger partial charge in [-0.1, -0.05) is 5.57 Å². The smallest absolute Gasteiger partial charge is 0.0714 e. The third-order valence-corrected chi connectivity index (χ3v) is 3.22. The first-order chi connectivity index (χ1) is 6.07. The quantitative estimate of drug-likeness (QED) is 0.634. The van der Waals surface area contributed by atoms with Crippen molar-refractivity contribution in [2.45, 2.75) is 56.7 Å². The van der Waals surface area contributed by atoms with Gasteiger partial charge in [0.15, 0.2) is 0 Å². The molecule has 2 unspecified atom stereocenters. The van der Waals surface area contributed by atoms with Crippen molar-refractivity contribution in [3.63, 3.8) is 0 Å². The number of rotatable bonds is 2. The topological polar surface area (TPSA) is 32.3 Å². The monoisotopic (exact) mass is 181 g/mol. The lowest BCUT2D eigenvalue weighted by Crippen LogP contribution is -2.48. The van der Waals surface area contributed by atoms with Crippen molar-refractivity contribution in [2.24, 2.45) is 0 Å². The fourth-order valence-corrected chi connectivity index (χ4v) is 2.93. The van der Waals surface area contributed by atoms with Crippen LogP contribution in [0.2, 0.25) is 0 Å². The van der Waals surface area contributed by atoms with E-state index in [1.165, 1.54) is 12.8 Å². The lowest BCUT2D eigenvalue weighted by Gasteiger charge is -2.37. The first-order valence-corrected chi connectivity index (χ1v) is 5.20. The van der Waals surface area contributed by atoms with Crippen LogP contribution >= 0.6 is 0 Å². The molecule has 2 nitrogen and oxygen atoms in total. The average Bonchev–Trinajstić information content (AvgIpc) is 2.27. The van der Waals surface area contributed by atoms with Crippen molar-refractivity contribution in [3.05, 3.63) is 12.2 Å². The number of nitrogens with one attached hydrogen (secondary N) is 1. The van der Waals surface area contributed by atoms with Gasteiger partial charge >= 0.3 is 0 Å². The Bertz CT molecular complexity index is 212. The van der Waals surface area contributed by atoms with Crippen LogP contribution in [-0.2, 0) is 0 Å². The number of hydrogen-bond acceptors (Lipinski definition) is 2. The van der Waals surface area contributed by atoms with Crippen molar-refractivity contribution < 1.29 is 5.11 Å². The highest BCUT2D eigenvalue weighted by Gasteiger charge is 2.41. The molecule has 2 saturated heterocycles. The van der Waals surface area contributed by atoms with E-state index in [4.69, 9.17) is 0 Å². The van der Waals surface area contributed by atoms with E-state index in [0.29, 0.717) is 12.1 Å². The van der Waals surface area contributed by atoms with Gasteiger partial charge in [0, 0.05) is 12.1 Å². The summed E-state index contributed by atoms with van der Waals surface area (Å²) < 4.78 is 0. The van der Waals surface area contributed by atoms with E-state index in [-0.39, 0.29) is 0 Å². The Morgan fingerprint density at radius 3 is 2.46 bits per heavy atom. The fraction of sp³-hybridized carbons (Fsp3) is 0.818. The summed E-state index contributed by atoms with van der Waals surface area (Å²) in [5.74, 6) is 0. The zero-order valence-electron chi connectivity index (χ0n) is 8.34. The van der Waals surface area contributed by atoms with E-state index in [2.05, 4.69) is 11.9 Å². The highest BCUT2D eigenvalue weighted by Crippen LogP contribution is 2.37. The Morgan fingerprint density at radius 1 is 1.46 bits per heavy atom. The number of fused-ring (bicyclic) bond motifs is 2. The molecule has 2 aliphatic rings. The minimum Gasteiger partial charge on any atom is -0.389 e. The lowest BCUT2D eigenvalue weighted by molar-refractivity contribution is -0.00588. The van der Waals surface area contributed by atoms with Crippen LogP contribution in [0.15, 0.2) is 12.2 Å². The van der Waals surface area contributed by atoms with Gasteiger partial charge in [0.25, 0.3) is 0 Å². The van der Waals surface area contributed by atoms with Crippen LogP contribution in [0.3, 0.4) is 0 Å². The Morgan fingerprint density at radius 2 is 2.00 bits per heavy atom. The molecule has 13 heavy (non-hydrogen) atoms. The summed E-state index contributed by atoms with van der Waals surface area (Å²) in [5.41, 5.74) is 0.645. The molecule has 2 aliphatic heterocycles. The third kappa shape index (κ3) is 1.94. The summed E-state index contributed by atoms with van der Waals surface area (Å²) >= 11 is 0. The molecule has 2 bridgehead atoms. The molecule has 0 radical (unpaired) electrons. The van der Waals surface area contributed by atoms with Gasteiger partial charge in [-0.25, -0.2) is 0 Å². The molecule has 2 rings (SSSR count). The van der Waals surface area contributed by atoms with Crippen LogP contribution < -0.4 is 5.32 Å². The second-order valence-electron chi connectivity index (χ2n) is 4.90. The maximum Gasteiger partial charge on any atom is 0.0714 e. The second-order valence-corrected chi connectivity index (χ2v) is 4.90. The minimum absolute atomic E-state index is 0.455. The number of aliphatic hydroxyl groups is 1.